The fraction of sp³-hybridized carbons (Fsp3) is 0.214. The van der Waals surface area contributed by atoms with Gasteiger partial charge in [-0.1, -0.05) is 28.9 Å². The Morgan fingerprint density at radius 1 is 1.39 bits per heavy atom. The van der Waals surface area contributed by atoms with Crippen LogP contribution in [0.2, 0.25) is 0 Å². The van der Waals surface area contributed by atoms with Gasteiger partial charge in [-0.15, -0.1) is 11.3 Å². The molecular weight excluding hydrogens is 310 g/mol. The number of carbonyl (C=O) groups excluding carboxylic acids is 1. The van der Waals surface area contributed by atoms with Crippen LogP contribution in [-0.2, 0) is 13.0 Å². The normalized spacial score (nSPS) is 10.3. The number of halogens is 1. The number of hydrogen-bond donors (Lipinski definition) is 1. The molecule has 0 radical (unpaired) electrons. The van der Waals surface area contributed by atoms with E-state index < -0.39 is 0 Å². The van der Waals surface area contributed by atoms with Crippen LogP contribution >= 0.6 is 27.3 Å². The molecule has 0 spiro atoms. The van der Waals surface area contributed by atoms with Crippen molar-refractivity contribution in [3.8, 4) is 0 Å². The number of amides is 1. The van der Waals surface area contributed by atoms with Crippen molar-refractivity contribution < 1.29 is 4.79 Å². The summed E-state index contributed by atoms with van der Waals surface area (Å²) in [7, 11) is 0. The van der Waals surface area contributed by atoms with E-state index >= 15 is 0 Å². The van der Waals surface area contributed by atoms with Crippen molar-refractivity contribution in [2.45, 2.75) is 19.9 Å². The molecule has 1 aromatic heterocycles. The third-order valence-electron chi connectivity index (χ3n) is 2.71. The average molecular weight is 324 g/mol. The van der Waals surface area contributed by atoms with Gasteiger partial charge in [-0.05, 0) is 41.6 Å². The van der Waals surface area contributed by atoms with Crippen molar-refractivity contribution in [3.05, 3.63) is 56.2 Å². The number of benzene rings is 1. The van der Waals surface area contributed by atoms with Crippen molar-refractivity contribution in [1.82, 2.24) is 5.32 Å². The molecule has 0 fully saturated rings. The molecule has 0 atom stereocenters. The van der Waals surface area contributed by atoms with Crippen molar-refractivity contribution in [1.29, 1.82) is 0 Å². The summed E-state index contributed by atoms with van der Waals surface area (Å²) in [5, 5.41) is 5.02. The standard InChI is InChI=1S/C14H14BrNOS/c1-2-10-6-7-18-13(10)9-16-14(17)11-4-3-5-12(15)8-11/h3-8H,2,9H2,1H3,(H,16,17). The van der Waals surface area contributed by atoms with Crippen LogP contribution in [0.1, 0.15) is 27.7 Å². The summed E-state index contributed by atoms with van der Waals surface area (Å²) in [4.78, 5) is 13.2. The predicted molar refractivity (Wildman–Crippen MR) is 79.0 cm³/mol. The molecular formula is C14H14BrNOS. The van der Waals surface area contributed by atoms with E-state index in [0.29, 0.717) is 12.1 Å². The molecule has 1 N–H and O–H groups in total. The molecule has 0 saturated carbocycles. The highest BCUT2D eigenvalue weighted by atomic mass is 79.9. The summed E-state index contributed by atoms with van der Waals surface area (Å²) in [6.07, 6.45) is 1.01. The lowest BCUT2D eigenvalue weighted by atomic mass is 10.2. The summed E-state index contributed by atoms with van der Waals surface area (Å²) in [6.45, 7) is 2.73. The molecule has 1 aromatic carbocycles. The number of nitrogens with one attached hydrogen (secondary N) is 1. The molecule has 0 aliphatic rings. The Hall–Kier alpha value is -1.13. The third-order valence-corrected chi connectivity index (χ3v) is 4.17. The SMILES string of the molecule is CCc1ccsc1CNC(=O)c1cccc(Br)c1. The van der Waals surface area contributed by atoms with Gasteiger partial charge >= 0.3 is 0 Å². The Balaban J connectivity index is 2.00. The molecule has 2 rings (SSSR count). The van der Waals surface area contributed by atoms with Crippen LogP contribution in [0.5, 0.6) is 0 Å². The molecule has 0 saturated heterocycles. The maximum atomic E-state index is 12.0. The topological polar surface area (TPSA) is 29.1 Å². The van der Waals surface area contributed by atoms with Crippen LogP contribution in [0.3, 0.4) is 0 Å². The van der Waals surface area contributed by atoms with E-state index in [4.69, 9.17) is 0 Å². The Morgan fingerprint density at radius 3 is 2.94 bits per heavy atom. The summed E-state index contributed by atoms with van der Waals surface area (Å²) in [5.74, 6) is -0.0354. The highest BCUT2D eigenvalue weighted by Crippen LogP contribution is 2.17. The van der Waals surface area contributed by atoms with Crippen molar-refractivity contribution >= 4 is 33.2 Å². The first kappa shape index (κ1) is 13.3. The van der Waals surface area contributed by atoms with Gasteiger partial charge in [0.15, 0.2) is 0 Å². The lowest BCUT2D eigenvalue weighted by Crippen LogP contribution is -2.22. The zero-order valence-corrected chi connectivity index (χ0v) is 12.5. The predicted octanol–water partition coefficient (Wildman–Crippen LogP) is 4.00. The number of carbonyl (C=O) groups is 1. The quantitative estimate of drug-likeness (QED) is 0.905. The van der Waals surface area contributed by atoms with Crippen LogP contribution in [0.25, 0.3) is 0 Å². The van der Waals surface area contributed by atoms with E-state index in [-0.39, 0.29) is 5.91 Å². The summed E-state index contributed by atoms with van der Waals surface area (Å²) >= 11 is 5.06. The van der Waals surface area contributed by atoms with Gasteiger partial charge in [0.25, 0.3) is 5.91 Å². The second-order valence-corrected chi connectivity index (χ2v) is 5.83. The second kappa shape index (κ2) is 6.16. The van der Waals surface area contributed by atoms with E-state index in [2.05, 4.69) is 39.6 Å². The molecule has 2 aromatic rings. The summed E-state index contributed by atoms with van der Waals surface area (Å²) < 4.78 is 0.917. The van der Waals surface area contributed by atoms with E-state index in [1.54, 1.807) is 11.3 Å². The minimum Gasteiger partial charge on any atom is -0.347 e. The molecule has 0 bridgehead atoms. The zero-order valence-electron chi connectivity index (χ0n) is 10.1. The minimum atomic E-state index is -0.0354. The first-order valence-electron chi connectivity index (χ1n) is 5.79. The van der Waals surface area contributed by atoms with Gasteiger partial charge in [-0.2, -0.15) is 0 Å². The van der Waals surface area contributed by atoms with Crippen LogP contribution in [0, 0.1) is 0 Å². The maximum absolute atomic E-state index is 12.0. The lowest BCUT2D eigenvalue weighted by molar-refractivity contribution is 0.0951. The van der Waals surface area contributed by atoms with Crippen LogP contribution in [0.15, 0.2) is 40.2 Å². The molecule has 1 heterocycles. The van der Waals surface area contributed by atoms with Crippen LogP contribution in [0.4, 0.5) is 0 Å². The number of rotatable bonds is 4. The summed E-state index contributed by atoms with van der Waals surface area (Å²) in [5.41, 5.74) is 1.99. The number of thiophene rings is 1. The van der Waals surface area contributed by atoms with Crippen molar-refractivity contribution in [3.63, 3.8) is 0 Å². The fourth-order valence-corrected chi connectivity index (χ4v) is 3.04. The van der Waals surface area contributed by atoms with Crippen LogP contribution in [-0.4, -0.2) is 5.91 Å². The Labute approximate surface area is 119 Å². The van der Waals surface area contributed by atoms with E-state index in [0.717, 1.165) is 10.9 Å². The van der Waals surface area contributed by atoms with E-state index in [9.17, 15) is 4.79 Å². The second-order valence-electron chi connectivity index (χ2n) is 3.92. The number of hydrogen-bond acceptors (Lipinski definition) is 2. The van der Waals surface area contributed by atoms with Gasteiger partial charge in [-0.3, -0.25) is 4.79 Å². The molecule has 1 amide bonds. The molecule has 0 aliphatic carbocycles. The largest absolute Gasteiger partial charge is 0.347 e. The first-order chi connectivity index (χ1) is 8.70. The van der Waals surface area contributed by atoms with Gasteiger partial charge in [0.05, 0.1) is 6.54 Å². The first-order valence-corrected chi connectivity index (χ1v) is 7.47. The molecule has 18 heavy (non-hydrogen) atoms. The monoisotopic (exact) mass is 323 g/mol. The molecule has 0 aliphatic heterocycles. The fourth-order valence-electron chi connectivity index (χ4n) is 1.73. The molecule has 94 valence electrons. The summed E-state index contributed by atoms with van der Waals surface area (Å²) in [6, 6.07) is 9.53. The molecule has 0 unspecified atom stereocenters. The van der Waals surface area contributed by atoms with Gasteiger partial charge in [0, 0.05) is 14.9 Å². The smallest absolute Gasteiger partial charge is 0.251 e. The molecule has 2 nitrogen and oxygen atoms in total. The van der Waals surface area contributed by atoms with E-state index in [1.165, 1.54) is 10.4 Å². The Kier molecular flexibility index (Phi) is 4.55. The third kappa shape index (κ3) is 3.21. The molecule has 4 heteroatoms. The van der Waals surface area contributed by atoms with Crippen molar-refractivity contribution in [2.24, 2.45) is 0 Å². The Bertz CT molecular complexity index is 550. The average Bonchev–Trinajstić information content (AvgIpc) is 2.83. The maximum Gasteiger partial charge on any atom is 0.251 e. The van der Waals surface area contributed by atoms with Gasteiger partial charge in [0.1, 0.15) is 0 Å². The number of aryl methyl sites for hydroxylation is 1. The van der Waals surface area contributed by atoms with Gasteiger partial charge in [0.2, 0.25) is 0 Å². The van der Waals surface area contributed by atoms with Crippen LogP contribution < -0.4 is 5.32 Å². The minimum absolute atomic E-state index is 0.0354. The van der Waals surface area contributed by atoms with Gasteiger partial charge < -0.3 is 5.32 Å². The highest BCUT2D eigenvalue weighted by Gasteiger charge is 2.07. The highest BCUT2D eigenvalue weighted by molar-refractivity contribution is 9.10. The zero-order chi connectivity index (χ0) is 13.0. The Morgan fingerprint density at radius 2 is 2.22 bits per heavy atom. The van der Waals surface area contributed by atoms with E-state index in [1.807, 2.05) is 24.3 Å². The van der Waals surface area contributed by atoms with Gasteiger partial charge in [-0.25, -0.2) is 0 Å². The van der Waals surface area contributed by atoms with Crippen molar-refractivity contribution in [2.75, 3.05) is 0 Å². The lowest BCUT2D eigenvalue weighted by Gasteiger charge is -2.05.